The first kappa shape index (κ1) is 13.9. The number of halogens is 2. The van der Waals surface area contributed by atoms with Crippen LogP contribution in [0.5, 0.6) is 0 Å². The highest BCUT2D eigenvalue weighted by Crippen LogP contribution is 2.15. The molecule has 1 heterocycles. The monoisotopic (exact) mass is 290 g/mol. The van der Waals surface area contributed by atoms with Gasteiger partial charge in [-0.3, -0.25) is 9.52 Å². The third-order valence-electron chi connectivity index (χ3n) is 2.80. The van der Waals surface area contributed by atoms with Crippen molar-refractivity contribution < 1.29 is 22.0 Å². The van der Waals surface area contributed by atoms with Crippen LogP contribution in [0.2, 0.25) is 0 Å². The second-order valence-corrected chi connectivity index (χ2v) is 6.00. The van der Waals surface area contributed by atoms with Crippen molar-refractivity contribution in [3.63, 3.8) is 0 Å². The van der Waals surface area contributed by atoms with Gasteiger partial charge in [0.05, 0.1) is 5.92 Å². The van der Waals surface area contributed by atoms with Crippen LogP contribution in [-0.2, 0) is 20.6 Å². The lowest BCUT2D eigenvalue weighted by Gasteiger charge is -2.25. The highest BCUT2D eigenvalue weighted by atomic mass is 32.2. The van der Waals surface area contributed by atoms with Crippen molar-refractivity contribution in [1.29, 1.82) is 0 Å². The van der Waals surface area contributed by atoms with Crippen LogP contribution >= 0.6 is 0 Å². The van der Waals surface area contributed by atoms with E-state index in [2.05, 4.69) is 5.32 Å². The van der Waals surface area contributed by atoms with Gasteiger partial charge in [0.2, 0.25) is 15.9 Å². The van der Waals surface area contributed by atoms with E-state index >= 15 is 0 Å². The lowest BCUT2D eigenvalue weighted by atomic mass is 10.0. The van der Waals surface area contributed by atoms with Gasteiger partial charge in [0.15, 0.2) is 0 Å². The summed E-state index contributed by atoms with van der Waals surface area (Å²) in [5.74, 6) is -3.89. The van der Waals surface area contributed by atoms with E-state index in [0.29, 0.717) is 13.1 Å². The maximum Gasteiger partial charge on any atom is 0.239 e. The Morgan fingerprint density at radius 1 is 1.32 bits per heavy atom. The molecule has 0 saturated carbocycles. The molecule has 1 saturated heterocycles. The minimum atomic E-state index is -4.11. The number of nitrogens with one attached hydrogen (secondary N) is 2. The van der Waals surface area contributed by atoms with Crippen LogP contribution in [0, 0.1) is 17.6 Å². The van der Waals surface area contributed by atoms with Gasteiger partial charge in [-0.15, -0.1) is 0 Å². The molecule has 0 radical (unpaired) electrons. The minimum Gasteiger partial charge on any atom is -0.315 e. The molecule has 0 unspecified atom stereocenters. The first-order valence-corrected chi connectivity index (χ1v) is 7.22. The molecule has 0 bridgehead atoms. The predicted molar refractivity (Wildman–Crippen MR) is 63.5 cm³/mol. The van der Waals surface area contributed by atoms with Crippen molar-refractivity contribution in [2.45, 2.75) is 5.75 Å². The Morgan fingerprint density at radius 3 is 2.37 bits per heavy atom. The second kappa shape index (κ2) is 5.22. The molecule has 104 valence electrons. The number of carbonyl (C=O) groups excluding carboxylic acids is 1. The van der Waals surface area contributed by atoms with Crippen LogP contribution in [0.15, 0.2) is 18.2 Å². The average Bonchev–Trinajstić information content (AvgIpc) is 2.20. The van der Waals surface area contributed by atoms with E-state index < -0.39 is 44.8 Å². The van der Waals surface area contributed by atoms with Crippen molar-refractivity contribution in [3.8, 4) is 0 Å². The summed E-state index contributed by atoms with van der Waals surface area (Å²) in [6.45, 7) is 0.796. The molecule has 8 heteroatoms. The summed E-state index contributed by atoms with van der Waals surface area (Å²) in [6.07, 6.45) is 0. The normalized spacial score (nSPS) is 15.9. The number of hydrogen-bond donors (Lipinski definition) is 2. The Bertz CT molecular complexity index is 580. The minimum absolute atomic E-state index is 0.398. The van der Waals surface area contributed by atoms with Gasteiger partial charge >= 0.3 is 0 Å². The SMILES string of the molecule is O=C(NS(=O)(=O)Cc1c(F)cccc1F)C1CNC1. The van der Waals surface area contributed by atoms with Crippen LogP contribution in [-0.4, -0.2) is 27.4 Å². The highest BCUT2D eigenvalue weighted by Gasteiger charge is 2.29. The standard InChI is InChI=1S/C11H12F2N2O3S/c12-9-2-1-3-10(13)8(9)6-19(17,18)15-11(16)7-4-14-5-7/h1-3,7,14H,4-6H2,(H,15,16). The molecule has 0 aromatic heterocycles. The lowest BCUT2D eigenvalue weighted by Crippen LogP contribution is -2.52. The van der Waals surface area contributed by atoms with Crippen LogP contribution in [0.3, 0.4) is 0 Å². The van der Waals surface area contributed by atoms with Crippen LogP contribution in [0.25, 0.3) is 0 Å². The second-order valence-electron chi connectivity index (χ2n) is 4.28. The van der Waals surface area contributed by atoms with Crippen LogP contribution in [0.4, 0.5) is 8.78 Å². The zero-order valence-electron chi connectivity index (χ0n) is 9.82. The molecule has 1 aliphatic rings. The lowest BCUT2D eigenvalue weighted by molar-refractivity contribution is -0.124. The summed E-state index contributed by atoms with van der Waals surface area (Å²) >= 11 is 0. The van der Waals surface area contributed by atoms with E-state index in [-0.39, 0.29) is 0 Å². The van der Waals surface area contributed by atoms with E-state index in [1.54, 1.807) is 0 Å². The molecule has 2 rings (SSSR count). The number of hydrogen-bond acceptors (Lipinski definition) is 4. The summed E-state index contributed by atoms with van der Waals surface area (Å²) in [5, 5.41) is 2.82. The molecule has 1 amide bonds. The molecule has 0 spiro atoms. The number of benzene rings is 1. The molecule has 1 fully saturated rings. The zero-order valence-corrected chi connectivity index (χ0v) is 10.6. The van der Waals surface area contributed by atoms with Crippen LogP contribution in [0.1, 0.15) is 5.56 Å². The summed E-state index contributed by atoms with van der Waals surface area (Å²) in [4.78, 5) is 11.5. The molecular formula is C11H12F2N2O3S. The van der Waals surface area contributed by atoms with E-state index in [1.165, 1.54) is 0 Å². The Kier molecular flexibility index (Phi) is 3.81. The van der Waals surface area contributed by atoms with E-state index in [0.717, 1.165) is 18.2 Å². The Morgan fingerprint density at radius 2 is 1.89 bits per heavy atom. The molecule has 5 nitrogen and oxygen atoms in total. The third-order valence-corrected chi connectivity index (χ3v) is 3.99. The maximum atomic E-state index is 13.3. The van der Waals surface area contributed by atoms with Gasteiger partial charge < -0.3 is 5.32 Å². The van der Waals surface area contributed by atoms with Crippen molar-refractivity contribution in [2.24, 2.45) is 5.92 Å². The van der Waals surface area contributed by atoms with Gasteiger partial charge in [-0.2, -0.15) is 0 Å². The zero-order chi connectivity index (χ0) is 14.0. The Labute approximate surface area is 109 Å². The molecule has 1 aromatic carbocycles. The topological polar surface area (TPSA) is 75.3 Å². The fraction of sp³-hybridized carbons (Fsp3) is 0.364. The van der Waals surface area contributed by atoms with Gasteiger partial charge in [-0.1, -0.05) is 6.07 Å². The summed E-state index contributed by atoms with van der Waals surface area (Å²) < 4.78 is 51.8. The number of carbonyl (C=O) groups is 1. The van der Waals surface area contributed by atoms with Crippen molar-refractivity contribution in [3.05, 3.63) is 35.4 Å². The van der Waals surface area contributed by atoms with Crippen molar-refractivity contribution in [1.82, 2.24) is 10.0 Å². The first-order chi connectivity index (χ1) is 8.89. The van der Waals surface area contributed by atoms with E-state index in [4.69, 9.17) is 0 Å². The Balaban J connectivity index is 2.10. The molecular weight excluding hydrogens is 278 g/mol. The fourth-order valence-corrected chi connectivity index (χ4v) is 2.81. The molecule has 19 heavy (non-hydrogen) atoms. The predicted octanol–water partition coefficient (Wildman–Crippen LogP) is 0.130. The molecule has 0 aliphatic carbocycles. The molecule has 0 atom stereocenters. The first-order valence-electron chi connectivity index (χ1n) is 5.57. The number of rotatable bonds is 4. The van der Waals surface area contributed by atoms with Gasteiger partial charge in [-0.25, -0.2) is 17.2 Å². The highest BCUT2D eigenvalue weighted by molar-refractivity contribution is 7.89. The van der Waals surface area contributed by atoms with E-state index in [1.807, 2.05) is 4.72 Å². The molecule has 1 aliphatic heterocycles. The van der Waals surface area contributed by atoms with Gasteiger partial charge in [-0.05, 0) is 12.1 Å². The summed E-state index contributed by atoms with van der Waals surface area (Å²) in [6, 6.07) is 3.07. The molecule has 2 N–H and O–H groups in total. The fourth-order valence-electron chi connectivity index (χ4n) is 1.61. The summed E-state index contributed by atoms with van der Waals surface area (Å²) in [7, 11) is -4.11. The Hall–Kier alpha value is -1.54. The van der Waals surface area contributed by atoms with E-state index in [9.17, 15) is 22.0 Å². The van der Waals surface area contributed by atoms with Gasteiger partial charge in [0.25, 0.3) is 0 Å². The third kappa shape index (κ3) is 3.27. The average molecular weight is 290 g/mol. The number of amides is 1. The van der Waals surface area contributed by atoms with Crippen LogP contribution < -0.4 is 10.0 Å². The smallest absolute Gasteiger partial charge is 0.239 e. The quantitative estimate of drug-likeness (QED) is 0.826. The van der Waals surface area contributed by atoms with Crippen molar-refractivity contribution >= 4 is 15.9 Å². The number of sulfonamides is 1. The van der Waals surface area contributed by atoms with Gasteiger partial charge in [0.1, 0.15) is 17.4 Å². The van der Waals surface area contributed by atoms with Gasteiger partial charge in [0, 0.05) is 18.7 Å². The van der Waals surface area contributed by atoms with Crippen molar-refractivity contribution in [2.75, 3.05) is 13.1 Å². The maximum absolute atomic E-state index is 13.3. The summed E-state index contributed by atoms with van der Waals surface area (Å²) in [5.41, 5.74) is -0.575. The largest absolute Gasteiger partial charge is 0.315 e. The molecule has 1 aromatic rings.